The molecule has 2 fully saturated rings. The van der Waals surface area contributed by atoms with Crippen molar-refractivity contribution in [3.8, 4) is 0 Å². The van der Waals surface area contributed by atoms with Crippen LogP contribution in [0, 0.1) is 0 Å². The molecule has 0 radical (unpaired) electrons. The van der Waals surface area contributed by atoms with Crippen molar-refractivity contribution in [2.24, 2.45) is 0 Å². The third-order valence-electron chi connectivity index (χ3n) is 4.81. The van der Waals surface area contributed by atoms with Gasteiger partial charge in [-0.2, -0.15) is 0 Å². The average molecular weight is 367 g/mol. The van der Waals surface area contributed by atoms with Crippen LogP contribution in [0.2, 0.25) is 10.0 Å². The molecule has 1 saturated carbocycles. The van der Waals surface area contributed by atoms with Crippen LogP contribution in [-0.4, -0.2) is 42.5 Å². The van der Waals surface area contributed by atoms with Crippen molar-refractivity contribution in [1.82, 2.24) is 10.2 Å². The number of anilines is 2. The Labute approximate surface area is 151 Å². The molecule has 1 N–H and O–H groups in total. The molecule has 128 valence electrons. The van der Waals surface area contributed by atoms with Crippen LogP contribution in [0.3, 0.4) is 0 Å². The molecule has 1 aliphatic carbocycles. The Hall–Kier alpha value is -1.30. The van der Waals surface area contributed by atoms with Crippen molar-refractivity contribution in [3.05, 3.63) is 22.2 Å². The maximum absolute atomic E-state index is 6.28. The van der Waals surface area contributed by atoms with Gasteiger partial charge in [0.1, 0.15) is 0 Å². The molecule has 1 aromatic carbocycles. The molecule has 1 saturated heterocycles. The molecular formula is C17H20Cl2N4O. The van der Waals surface area contributed by atoms with Crippen molar-refractivity contribution in [2.75, 3.05) is 36.5 Å². The number of aromatic nitrogens is 2. The van der Waals surface area contributed by atoms with Crippen molar-refractivity contribution < 1.29 is 4.74 Å². The normalized spacial score (nSPS) is 19.2. The van der Waals surface area contributed by atoms with Gasteiger partial charge in [0.2, 0.25) is 0 Å². The third kappa shape index (κ3) is 3.13. The average Bonchev–Trinajstić information content (AvgIpc) is 3.10. The zero-order chi connectivity index (χ0) is 16.5. The van der Waals surface area contributed by atoms with E-state index < -0.39 is 0 Å². The van der Waals surface area contributed by atoms with E-state index in [1.807, 2.05) is 12.1 Å². The zero-order valence-electron chi connectivity index (χ0n) is 13.4. The van der Waals surface area contributed by atoms with Gasteiger partial charge in [0.25, 0.3) is 0 Å². The topological polar surface area (TPSA) is 50.3 Å². The van der Waals surface area contributed by atoms with Crippen molar-refractivity contribution in [1.29, 1.82) is 0 Å². The predicted octanol–water partition coefficient (Wildman–Crippen LogP) is 4.13. The lowest BCUT2D eigenvalue weighted by atomic mass is 10.1. The summed E-state index contributed by atoms with van der Waals surface area (Å²) in [5.74, 6) is 1.65. The van der Waals surface area contributed by atoms with E-state index in [2.05, 4.69) is 20.4 Å². The number of morpholine rings is 1. The molecule has 7 heteroatoms. The first kappa shape index (κ1) is 16.2. The summed E-state index contributed by atoms with van der Waals surface area (Å²) < 4.78 is 5.44. The molecule has 0 bridgehead atoms. The molecule has 2 aromatic rings. The van der Waals surface area contributed by atoms with E-state index in [0.717, 1.165) is 35.5 Å². The molecule has 0 unspecified atom stereocenters. The molecule has 1 aliphatic heterocycles. The summed E-state index contributed by atoms with van der Waals surface area (Å²) in [7, 11) is 0. The second-order valence-corrected chi connectivity index (χ2v) is 7.22. The lowest BCUT2D eigenvalue weighted by Crippen LogP contribution is -2.37. The van der Waals surface area contributed by atoms with E-state index >= 15 is 0 Å². The number of ether oxygens (including phenoxy) is 1. The van der Waals surface area contributed by atoms with Gasteiger partial charge < -0.3 is 15.0 Å². The van der Waals surface area contributed by atoms with E-state index in [1.54, 1.807) is 0 Å². The molecule has 0 atom stereocenters. The van der Waals surface area contributed by atoms with Crippen LogP contribution in [-0.2, 0) is 4.74 Å². The van der Waals surface area contributed by atoms with Gasteiger partial charge in [-0.1, -0.05) is 36.0 Å². The largest absolute Gasteiger partial charge is 0.378 e. The number of benzene rings is 1. The van der Waals surface area contributed by atoms with Gasteiger partial charge in [0, 0.05) is 29.9 Å². The summed E-state index contributed by atoms with van der Waals surface area (Å²) >= 11 is 12.6. The lowest BCUT2D eigenvalue weighted by molar-refractivity contribution is 0.122. The maximum Gasteiger partial charge on any atom is 0.159 e. The fraction of sp³-hybridized carbons (Fsp3) is 0.529. The highest BCUT2D eigenvalue weighted by atomic mass is 35.5. The Bertz CT molecular complexity index is 743. The van der Waals surface area contributed by atoms with E-state index in [1.165, 1.54) is 25.7 Å². The van der Waals surface area contributed by atoms with Gasteiger partial charge in [-0.15, -0.1) is 10.2 Å². The quantitative estimate of drug-likeness (QED) is 0.884. The van der Waals surface area contributed by atoms with Crippen molar-refractivity contribution >= 4 is 45.6 Å². The Morgan fingerprint density at radius 3 is 2.38 bits per heavy atom. The SMILES string of the molecule is Clc1cc2c(NC3CCCC3)nnc(N3CCOCC3)c2cc1Cl. The van der Waals surface area contributed by atoms with Gasteiger partial charge in [-0.05, 0) is 25.0 Å². The summed E-state index contributed by atoms with van der Waals surface area (Å²) in [6, 6.07) is 4.26. The predicted molar refractivity (Wildman–Crippen MR) is 98.5 cm³/mol. The minimum absolute atomic E-state index is 0.464. The first-order chi connectivity index (χ1) is 11.7. The van der Waals surface area contributed by atoms with Crippen LogP contribution in [0.25, 0.3) is 10.8 Å². The van der Waals surface area contributed by atoms with Crippen LogP contribution in [0.5, 0.6) is 0 Å². The van der Waals surface area contributed by atoms with E-state index in [-0.39, 0.29) is 0 Å². The smallest absolute Gasteiger partial charge is 0.159 e. The highest BCUT2D eigenvalue weighted by Gasteiger charge is 2.21. The summed E-state index contributed by atoms with van der Waals surface area (Å²) in [6.07, 6.45) is 4.88. The Morgan fingerprint density at radius 1 is 1.00 bits per heavy atom. The summed E-state index contributed by atoms with van der Waals surface area (Å²) in [6.45, 7) is 3.01. The zero-order valence-corrected chi connectivity index (χ0v) is 14.9. The number of rotatable bonds is 3. The van der Waals surface area contributed by atoms with Gasteiger partial charge in [0.05, 0.1) is 23.3 Å². The first-order valence-electron chi connectivity index (χ1n) is 8.47. The fourth-order valence-corrected chi connectivity index (χ4v) is 3.84. The summed E-state index contributed by atoms with van der Waals surface area (Å²) in [5.41, 5.74) is 0. The number of hydrogen-bond acceptors (Lipinski definition) is 5. The van der Waals surface area contributed by atoms with Crippen molar-refractivity contribution in [3.63, 3.8) is 0 Å². The molecule has 0 amide bonds. The second kappa shape index (κ2) is 6.90. The second-order valence-electron chi connectivity index (χ2n) is 6.41. The minimum atomic E-state index is 0.464. The molecule has 24 heavy (non-hydrogen) atoms. The van der Waals surface area contributed by atoms with Crippen LogP contribution < -0.4 is 10.2 Å². The lowest BCUT2D eigenvalue weighted by Gasteiger charge is -2.28. The molecule has 2 aliphatic rings. The van der Waals surface area contributed by atoms with Crippen LogP contribution in [0.4, 0.5) is 11.6 Å². The molecular weight excluding hydrogens is 347 g/mol. The number of fused-ring (bicyclic) bond motifs is 1. The van der Waals surface area contributed by atoms with Gasteiger partial charge in [-0.3, -0.25) is 0 Å². The standard InChI is InChI=1S/C17H20Cl2N4O/c18-14-9-12-13(10-15(14)19)17(23-5-7-24-8-6-23)22-21-16(12)20-11-3-1-2-4-11/h9-11H,1-8H2,(H,20,21). The molecule has 4 rings (SSSR count). The maximum atomic E-state index is 6.28. The highest BCUT2D eigenvalue weighted by molar-refractivity contribution is 6.43. The number of hydrogen-bond donors (Lipinski definition) is 1. The van der Waals surface area contributed by atoms with E-state index in [9.17, 15) is 0 Å². The van der Waals surface area contributed by atoms with E-state index in [0.29, 0.717) is 29.3 Å². The Kier molecular flexibility index (Phi) is 4.66. The number of nitrogens with zero attached hydrogens (tertiary/aromatic N) is 3. The van der Waals surface area contributed by atoms with Gasteiger partial charge in [-0.25, -0.2) is 0 Å². The van der Waals surface area contributed by atoms with Crippen LogP contribution in [0.1, 0.15) is 25.7 Å². The molecule has 5 nitrogen and oxygen atoms in total. The summed E-state index contributed by atoms with van der Waals surface area (Å²) in [5, 5.41) is 15.6. The number of nitrogens with one attached hydrogen (secondary N) is 1. The highest BCUT2D eigenvalue weighted by Crippen LogP contribution is 2.36. The van der Waals surface area contributed by atoms with Gasteiger partial charge in [0.15, 0.2) is 11.6 Å². The number of halogens is 2. The molecule has 0 spiro atoms. The molecule has 2 heterocycles. The minimum Gasteiger partial charge on any atom is -0.378 e. The van der Waals surface area contributed by atoms with E-state index in [4.69, 9.17) is 27.9 Å². The van der Waals surface area contributed by atoms with Crippen LogP contribution in [0.15, 0.2) is 12.1 Å². The first-order valence-corrected chi connectivity index (χ1v) is 9.22. The summed E-state index contributed by atoms with van der Waals surface area (Å²) in [4.78, 5) is 2.20. The Morgan fingerprint density at radius 2 is 1.67 bits per heavy atom. The fourth-order valence-electron chi connectivity index (χ4n) is 3.51. The van der Waals surface area contributed by atoms with Crippen LogP contribution >= 0.6 is 23.2 Å². The van der Waals surface area contributed by atoms with Crippen molar-refractivity contribution in [2.45, 2.75) is 31.7 Å². The Balaban J connectivity index is 1.78. The molecule has 1 aromatic heterocycles. The van der Waals surface area contributed by atoms with Gasteiger partial charge >= 0.3 is 0 Å². The monoisotopic (exact) mass is 366 g/mol. The third-order valence-corrected chi connectivity index (χ3v) is 5.53.